The third kappa shape index (κ3) is 8.38. The molecular weight excluding hydrogens is 602 g/mol. The molecule has 2 aliphatic rings. The van der Waals surface area contributed by atoms with Gasteiger partial charge in [0.1, 0.15) is 30.5 Å². The lowest BCUT2D eigenvalue weighted by molar-refractivity contribution is -0.271. The summed E-state index contributed by atoms with van der Waals surface area (Å²) >= 11 is 0. The van der Waals surface area contributed by atoms with Crippen LogP contribution in [0.2, 0.25) is 0 Å². The van der Waals surface area contributed by atoms with Gasteiger partial charge in [0.2, 0.25) is 11.8 Å². The molecule has 0 aromatic carbocycles. The first kappa shape index (κ1) is 33.2. The lowest BCUT2D eigenvalue weighted by atomic mass is 9.95. The number of amides is 2. The molecule has 0 aliphatic carbocycles. The van der Waals surface area contributed by atoms with E-state index in [1.54, 1.807) is 0 Å². The van der Waals surface area contributed by atoms with Crippen molar-refractivity contribution in [3.05, 3.63) is 33.1 Å². The van der Waals surface area contributed by atoms with Crippen LogP contribution in [0.5, 0.6) is 0 Å². The Balaban J connectivity index is 1.66. The minimum absolute atomic E-state index is 0.575. The summed E-state index contributed by atoms with van der Waals surface area (Å²) in [6, 6.07) is -1.81. The number of carbonyl (C=O) groups excluding carboxylic acids is 2. The second-order valence-electron chi connectivity index (χ2n) is 9.09. The summed E-state index contributed by atoms with van der Waals surface area (Å²) < 4.78 is 49.2. The zero-order valence-electron chi connectivity index (χ0n) is 21.5. The standard InChI is InChI=1S/C19H30N4O16P2/c1-7-12(20-8(2)24)15(28)13(21-9(3)25)18(36-7)38-41(33,34)39-40(31,32)35-6-10-14(27)16(29)17(37-10)23-5-4-11(26)22-19(23)30/h4-5,7,10,12-18,27-29H,6H2,1-3H3,(H,20,24)(H,21,25)(H,31,32)(H,33,34)(H,22,26,30)/p-2/t7-,10-,12-,13-,14-,15+,16-,17-,18-/m1/s1. The molecule has 11 atom stereocenters. The van der Waals surface area contributed by atoms with Gasteiger partial charge in [-0.3, -0.25) is 37.6 Å². The van der Waals surface area contributed by atoms with Crippen LogP contribution >= 0.6 is 15.6 Å². The van der Waals surface area contributed by atoms with E-state index in [2.05, 4.69) is 24.0 Å². The molecule has 2 aliphatic heterocycles. The smallest absolute Gasteiger partial charge is 0.330 e. The maximum absolute atomic E-state index is 12.4. The number of carbonyl (C=O) groups is 2. The molecule has 0 saturated carbocycles. The molecule has 0 spiro atoms. The molecule has 0 radical (unpaired) electrons. The minimum Gasteiger partial charge on any atom is -0.756 e. The SMILES string of the molecule is CC(=O)N[C@H]1[C@@H](OP(=O)([O-])OP(=O)([O-])OC[C@H]2O[C@@H](n3ccc(=O)[nH]c3=O)[C@H](O)[C@@H]2O)O[C@H](C)[C@@H](NC(C)=O)[C@@H]1O. The molecule has 6 N–H and O–H groups in total. The summed E-state index contributed by atoms with van der Waals surface area (Å²) in [5.74, 6) is -1.34. The van der Waals surface area contributed by atoms with Crippen molar-refractivity contribution in [2.24, 2.45) is 0 Å². The first-order chi connectivity index (χ1) is 18.9. The lowest BCUT2D eigenvalue weighted by Gasteiger charge is -2.45. The number of nitrogens with one attached hydrogen (secondary N) is 3. The van der Waals surface area contributed by atoms with Crippen LogP contribution in [-0.4, -0.2) is 92.2 Å². The van der Waals surface area contributed by atoms with Crippen LogP contribution in [0, 0.1) is 0 Å². The second-order valence-corrected chi connectivity index (χ2v) is 12.0. The van der Waals surface area contributed by atoms with Crippen molar-refractivity contribution >= 4 is 27.5 Å². The van der Waals surface area contributed by atoms with E-state index >= 15 is 0 Å². The van der Waals surface area contributed by atoms with Crippen LogP contribution in [0.15, 0.2) is 21.9 Å². The molecule has 20 nitrogen and oxygen atoms in total. The first-order valence-corrected chi connectivity index (χ1v) is 14.7. The van der Waals surface area contributed by atoms with Crippen molar-refractivity contribution in [2.75, 3.05) is 6.61 Å². The Morgan fingerprint density at radius 1 is 1.02 bits per heavy atom. The monoisotopic (exact) mass is 630 g/mol. The summed E-state index contributed by atoms with van der Waals surface area (Å²) in [6.45, 7) is 2.39. The Labute approximate surface area is 230 Å². The molecular formula is C19H28N4O16P2-2. The fraction of sp³-hybridized carbons (Fsp3) is 0.684. The lowest BCUT2D eigenvalue weighted by Crippen LogP contribution is -2.67. The minimum atomic E-state index is -5.88. The number of nitrogens with zero attached hydrogens (tertiary/aromatic N) is 1. The predicted octanol–water partition coefficient (Wildman–Crippen LogP) is -4.74. The van der Waals surface area contributed by atoms with Gasteiger partial charge in [0.05, 0.1) is 18.8 Å². The fourth-order valence-corrected chi connectivity index (χ4v) is 6.23. The Bertz CT molecular complexity index is 1340. The summed E-state index contributed by atoms with van der Waals surface area (Å²) in [6.07, 6.45) is -10.6. The van der Waals surface area contributed by atoms with E-state index in [1.807, 2.05) is 4.98 Å². The number of phosphoric ester groups is 2. The summed E-state index contributed by atoms with van der Waals surface area (Å²) in [4.78, 5) is 72.9. The number of rotatable bonds is 10. The number of hydrogen-bond donors (Lipinski definition) is 6. The van der Waals surface area contributed by atoms with Crippen molar-refractivity contribution in [1.29, 1.82) is 0 Å². The van der Waals surface area contributed by atoms with Crippen LogP contribution < -0.4 is 31.7 Å². The van der Waals surface area contributed by atoms with Gasteiger partial charge in [-0.25, -0.2) is 9.11 Å². The normalized spacial score (nSPS) is 34.8. The van der Waals surface area contributed by atoms with Gasteiger partial charge in [0.15, 0.2) is 12.5 Å². The van der Waals surface area contributed by atoms with E-state index < -0.39 is 100 Å². The molecule has 2 saturated heterocycles. The first-order valence-electron chi connectivity index (χ1n) is 11.8. The number of aliphatic hydroxyl groups excluding tert-OH is 3. The third-order valence-electron chi connectivity index (χ3n) is 5.92. The van der Waals surface area contributed by atoms with E-state index in [-0.39, 0.29) is 0 Å². The molecule has 22 heteroatoms. The number of phosphoric acid groups is 2. The van der Waals surface area contributed by atoms with E-state index in [0.29, 0.717) is 4.57 Å². The molecule has 2 unspecified atom stereocenters. The van der Waals surface area contributed by atoms with Crippen LogP contribution in [0.25, 0.3) is 0 Å². The molecule has 3 heterocycles. The van der Waals surface area contributed by atoms with Crippen molar-refractivity contribution in [2.45, 2.75) is 75.9 Å². The van der Waals surface area contributed by atoms with Gasteiger partial charge in [0, 0.05) is 26.1 Å². The summed E-state index contributed by atoms with van der Waals surface area (Å²) in [5, 5.41) is 35.6. The van der Waals surface area contributed by atoms with Crippen molar-refractivity contribution < 1.29 is 66.7 Å². The zero-order chi connectivity index (χ0) is 30.9. The fourth-order valence-electron chi connectivity index (χ4n) is 4.14. The number of aromatic nitrogens is 2. The highest BCUT2D eigenvalue weighted by atomic mass is 31.3. The Hall–Kier alpha value is -2.32. The molecule has 41 heavy (non-hydrogen) atoms. The van der Waals surface area contributed by atoms with Gasteiger partial charge in [-0.05, 0) is 6.92 Å². The Kier molecular flexibility index (Phi) is 10.4. The average molecular weight is 630 g/mol. The number of H-pyrrole nitrogens is 1. The highest BCUT2D eigenvalue weighted by Gasteiger charge is 2.47. The molecule has 2 fully saturated rings. The number of ether oxygens (including phenoxy) is 2. The number of aliphatic hydroxyl groups is 3. The number of hydrogen-bond acceptors (Lipinski definition) is 16. The van der Waals surface area contributed by atoms with Crippen molar-refractivity contribution in [1.82, 2.24) is 20.2 Å². The maximum atomic E-state index is 12.4. The average Bonchev–Trinajstić information content (AvgIpc) is 3.10. The van der Waals surface area contributed by atoms with Gasteiger partial charge < -0.3 is 49.7 Å². The Morgan fingerprint density at radius 3 is 2.22 bits per heavy atom. The van der Waals surface area contributed by atoms with Crippen LogP contribution in [0.4, 0.5) is 0 Å². The van der Waals surface area contributed by atoms with Gasteiger partial charge in [-0.1, -0.05) is 0 Å². The highest BCUT2D eigenvalue weighted by Crippen LogP contribution is 2.57. The van der Waals surface area contributed by atoms with Gasteiger partial charge in [0.25, 0.3) is 21.2 Å². The summed E-state index contributed by atoms with van der Waals surface area (Å²) in [7, 11) is -11.7. The second kappa shape index (κ2) is 12.9. The molecule has 2 amide bonds. The van der Waals surface area contributed by atoms with E-state index in [9.17, 15) is 53.4 Å². The van der Waals surface area contributed by atoms with Crippen molar-refractivity contribution in [3.63, 3.8) is 0 Å². The number of aromatic amines is 1. The molecule has 1 aromatic rings. The van der Waals surface area contributed by atoms with Gasteiger partial charge in [-0.2, -0.15) is 0 Å². The molecule has 0 bridgehead atoms. The highest BCUT2D eigenvalue weighted by molar-refractivity contribution is 7.59. The quantitative estimate of drug-likeness (QED) is 0.132. The van der Waals surface area contributed by atoms with E-state index in [1.165, 1.54) is 6.92 Å². The molecule has 232 valence electrons. The summed E-state index contributed by atoms with van der Waals surface area (Å²) in [5.41, 5.74) is -1.77. The van der Waals surface area contributed by atoms with Gasteiger partial charge >= 0.3 is 5.69 Å². The zero-order valence-corrected chi connectivity index (χ0v) is 23.3. The topological polar surface area (TPSA) is 300 Å². The largest absolute Gasteiger partial charge is 0.756 e. The van der Waals surface area contributed by atoms with Crippen LogP contribution in [0.1, 0.15) is 27.0 Å². The third-order valence-corrected chi connectivity index (χ3v) is 8.45. The van der Waals surface area contributed by atoms with E-state index in [0.717, 1.165) is 26.1 Å². The van der Waals surface area contributed by atoms with Crippen molar-refractivity contribution in [3.8, 4) is 0 Å². The molecule has 1 aromatic heterocycles. The van der Waals surface area contributed by atoms with Crippen LogP contribution in [0.3, 0.4) is 0 Å². The van der Waals surface area contributed by atoms with Gasteiger partial charge in [-0.15, -0.1) is 0 Å². The predicted molar refractivity (Wildman–Crippen MR) is 126 cm³/mol. The molecule has 3 rings (SSSR count). The van der Waals surface area contributed by atoms with Crippen LogP contribution in [-0.2, 0) is 41.6 Å². The maximum Gasteiger partial charge on any atom is 0.330 e. The Morgan fingerprint density at radius 2 is 1.63 bits per heavy atom. The van der Waals surface area contributed by atoms with E-state index in [4.69, 9.17) is 9.47 Å².